The van der Waals surface area contributed by atoms with E-state index in [1.54, 1.807) is 0 Å². The van der Waals surface area contributed by atoms with Crippen molar-refractivity contribution in [1.29, 1.82) is 0 Å². The minimum atomic E-state index is -0.0535. The van der Waals surface area contributed by atoms with Gasteiger partial charge in [-0.1, -0.05) is 39.0 Å². The second kappa shape index (κ2) is 8.96. The Labute approximate surface area is 191 Å². The number of hydrogen-bond acceptors (Lipinski definition) is 4. The van der Waals surface area contributed by atoms with Crippen molar-refractivity contribution in [3.05, 3.63) is 47.3 Å². The molecule has 7 nitrogen and oxygen atoms in total. The maximum atomic E-state index is 13.5. The second-order valence-electron chi connectivity index (χ2n) is 10.0. The van der Waals surface area contributed by atoms with Crippen molar-refractivity contribution < 1.29 is 9.59 Å². The zero-order valence-electron chi connectivity index (χ0n) is 19.8. The first-order chi connectivity index (χ1) is 15.3. The van der Waals surface area contributed by atoms with E-state index in [4.69, 9.17) is 5.10 Å². The van der Waals surface area contributed by atoms with Crippen molar-refractivity contribution in [1.82, 2.24) is 19.6 Å². The van der Waals surface area contributed by atoms with Crippen LogP contribution in [0.4, 0.5) is 5.69 Å². The van der Waals surface area contributed by atoms with E-state index in [0.717, 1.165) is 37.3 Å². The summed E-state index contributed by atoms with van der Waals surface area (Å²) in [5.41, 5.74) is 3.72. The van der Waals surface area contributed by atoms with Crippen molar-refractivity contribution >= 4 is 17.5 Å². The standard InChI is InChI=1S/C25H35N5O2/c1-5-30-21-11-12-29(22(31)17-25(2,3)4)18-20(21)23(26-30)24(32)28-15-13-27(14-16-28)19-9-7-6-8-10-19/h6-10H,5,11-18H2,1-4H3. The van der Waals surface area contributed by atoms with Crippen molar-refractivity contribution in [2.75, 3.05) is 37.6 Å². The fourth-order valence-corrected chi connectivity index (χ4v) is 4.66. The van der Waals surface area contributed by atoms with Gasteiger partial charge in [0.25, 0.3) is 5.91 Å². The van der Waals surface area contributed by atoms with Crippen LogP contribution in [0.15, 0.2) is 30.3 Å². The van der Waals surface area contributed by atoms with Gasteiger partial charge in [-0.05, 0) is 24.5 Å². The summed E-state index contributed by atoms with van der Waals surface area (Å²) in [5, 5.41) is 4.70. The lowest BCUT2D eigenvalue weighted by molar-refractivity contribution is -0.134. The van der Waals surface area contributed by atoms with E-state index in [1.807, 2.05) is 32.7 Å². The van der Waals surface area contributed by atoms with Crippen LogP contribution in [0.2, 0.25) is 0 Å². The van der Waals surface area contributed by atoms with Gasteiger partial charge in [0.05, 0.1) is 0 Å². The zero-order chi connectivity index (χ0) is 22.9. The van der Waals surface area contributed by atoms with Gasteiger partial charge in [0.1, 0.15) is 0 Å². The fourth-order valence-electron chi connectivity index (χ4n) is 4.66. The third kappa shape index (κ3) is 4.66. The average Bonchev–Trinajstić information content (AvgIpc) is 3.16. The number of nitrogens with zero attached hydrogens (tertiary/aromatic N) is 5. The summed E-state index contributed by atoms with van der Waals surface area (Å²) in [6.07, 6.45) is 1.26. The summed E-state index contributed by atoms with van der Waals surface area (Å²) in [4.78, 5) is 32.5. The van der Waals surface area contributed by atoms with Crippen LogP contribution in [0.25, 0.3) is 0 Å². The highest BCUT2D eigenvalue weighted by atomic mass is 16.2. The molecule has 0 N–H and O–H groups in total. The Morgan fingerprint density at radius 1 is 0.969 bits per heavy atom. The van der Waals surface area contributed by atoms with E-state index < -0.39 is 0 Å². The summed E-state index contributed by atoms with van der Waals surface area (Å²) in [6.45, 7) is 13.2. The quantitative estimate of drug-likeness (QED) is 0.737. The van der Waals surface area contributed by atoms with Crippen LogP contribution in [0.3, 0.4) is 0 Å². The number of benzene rings is 1. The molecule has 0 atom stereocenters. The molecule has 3 heterocycles. The Kier molecular flexibility index (Phi) is 6.26. The summed E-state index contributed by atoms with van der Waals surface area (Å²) >= 11 is 0. The maximum absolute atomic E-state index is 13.5. The number of carbonyl (C=O) groups is 2. The molecule has 32 heavy (non-hydrogen) atoms. The third-order valence-electron chi connectivity index (χ3n) is 6.36. The number of piperazine rings is 1. The van der Waals surface area contributed by atoms with Crippen molar-refractivity contribution in [3.63, 3.8) is 0 Å². The normalized spacial score (nSPS) is 16.8. The highest BCUT2D eigenvalue weighted by Crippen LogP contribution is 2.27. The van der Waals surface area contributed by atoms with Crippen LogP contribution in [0.5, 0.6) is 0 Å². The van der Waals surface area contributed by atoms with Gasteiger partial charge >= 0.3 is 0 Å². The molecule has 172 valence electrons. The summed E-state index contributed by atoms with van der Waals surface area (Å²) < 4.78 is 1.95. The molecule has 2 aliphatic rings. The van der Waals surface area contributed by atoms with Gasteiger partial charge < -0.3 is 14.7 Å². The largest absolute Gasteiger partial charge is 0.368 e. The molecule has 0 saturated carbocycles. The Hall–Kier alpha value is -2.83. The maximum Gasteiger partial charge on any atom is 0.274 e. The van der Waals surface area contributed by atoms with Crippen molar-refractivity contribution in [2.24, 2.45) is 5.41 Å². The smallest absolute Gasteiger partial charge is 0.274 e. The molecule has 0 bridgehead atoms. The molecule has 0 aliphatic carbocycles. The predicted octanol–water partition coefficient (Wildman–Crippen LogP) is 3.19. The van der Waals surface area contributed by atoms with E-state index in [2.05, 4.69) is 44.7 Å². The Balaban J connectivity index is 1.49. The summed E-state index contributed by atoms with van der Waals surface area (Å²) in [6, 6.07) is 10.3. The number of fused-ring (bicyclic) bond motifs is 1. The van der Waals surface area contributed by atoms with Crippen LogP contribution in [0, 0.1) is 5.41 Å². The first-order valence-corrected chi connectivity index (χ1v) is 11.7. The molecule has 1 aromatic carbocycles. The van der Waals surface area contributed by atoms with Gasteiger partial charge in [-0.2, -0.15) is 5.10 Å². The third-order valence-corrected chi connectivity index (χ3v) is 6.36. The molecule has 2 aromatic rings. The Morgan fingerprint density at radius 3 is 2.28 bits per heavy atom. The SMILES string of the molecule is CCn1nc(C(=O)N2CCN(c3ccccc3)CC2)c2c1CCN(C(=O)CC(C)(C)C)C2. The van der Waals surface area contributed by atoms with Crippen LogP contribution < -0.4 is 4.90 Å². The first kappa shape index (κ1) is 22.4. The van der Waals surface area contributed by atoms with E-state index in [-0.39, 0.29) is 17.2 Å². The Morgan fingerprint density at radius 2 is 1.66 bits per heavy atom. The monoisotopic (exact) mass is 437 g/mol. The molecule has 2 amide bonds. The number of anilines is 1. The summed E-state index contributed by atoms with van der Waals surface area (Å²) in [5.74, 6) is 0.147. The molecule has 4 rings (SSSR count). The molecule has 1 fully saturated rings. The topological polar surface area (TPSA) is 61.7 Å². The second-order valence-corrected chi connectivity index (χ2v) is 10.0. The van der Waals surface area contributed by atoms with Gasteiger partial charge in [-0.3, -0.25) is 14.3 Å². The number of aryl methyl sites for hydroxylation is 1. The number of para-hydroxylation sites is 1. The van der Waals surface area contributed by atoms with Crippen molar-refractivity contribution in [3.8, 4) is 0 Å². The minimum Gasteiger partial charge on any atom is -0.368 e. The number of amides is 2. The number of carbonyl (C=O) groups excluding carboxylic acids is 2. The van der Waals surface area contributed by atoms with Crippen LogP contribution in [-0.2, 0) is 24.3 Å². The highest BCUT2D eigenvalue weighted by Gasteiger charge is 2.33. The van der Waals surface area contributed by atoms with Gasteiger partial charge in [-0.15, -0.1) is 0 Å². The van der Waals surface area contributed by atoms with Gasteiger partial charge in [0.15, 0.2) is 5.69 Å². The molecular formula is C25H35N5O2. The Bertz CT molecular complexity index is 968. The first-order valence-electron chi connectivity index (χ1n) is 11.7. The van der Waals surface area contributed by atoms with Gasteiger partial charge in [0.2, 0.25) is 5.91 Å². The lowest BCUT2D eigenvalue weighted by Crippen LogP contribution is -2.49. The number of hydrogen-bond donors (Lipinski definition) is 0. The molecular weight excluding hydrogens is 402 g/mol. The molecule has 0 radical (unpaired) electrons. The molecule has 0 spiro atoms. The van der Waals surface area contributed by atoms with Crippen LogP contribution in [0.1, 0.15) is 55.9 Å². The summed E-state index contributed by atoms with van der Waals surface area (Å²) in [7, 11) is 0. The van der Waals surface area contributed by atoms with Gasteiger partial charge in [0, 0.05) is 75.6 Å². The van der Waals surface area contributed by atoms with Crippen LogP contribution in [-0.4, -0.2) is 64.1 Å². The molecule has 1 saturated heterocycles. The fraction of sp³-hybridized carbons (Fsp3) is 0.560. The molecule has 0 unspecified atom stereocenters. The average molecular weight is 438 g/mol. The van der Waals surface area contributed by atoms with E-state index in [9.17, 15) is 9.59 Å². The lowest BCUT2D eigenvalue weighted by Gasteiger charge is -2.36. The van der Waals surface area contributed by atoms with E-state index >= 15 is 0 Å². The minimum absolute atomic E-state index is 0.00807. The van der Waals surface area contributed by atoms with E-state index in [0.29, 0.717) is 38.3 Å². The highest BCUT2D eigenvalue weighted by molar-refractivity contribution is 5.94. The predicted molar refractivity (Wildman–Crippen MR) is 126 cm³/mol. The lowest BCUT2D eigenvalue weighted by atomic mass is 9.91. The molecule has 2 aliphatic heterocycles. The number of aromatic nitrogens is 2. The molecule has 1 aromatic heterocycles. The van der Waals surface area contributed by atoms with Gasteiger partial charge in [-0.25, -0.2) is 0 Å². The zero-order valence-corrected chi connectivity index (χ0v) is 19.8. The van der Waals surface area contributed by atoms with Crippen LogP contribution >= 0.6 is 0 Å². The van der Waals surface area contributed by atoms with Crippen molar-refractivity contribution in [2.45, 2.75) is 53.6 Å². The van der Waals surface area contributed by atoms with E-state index in [1.165, 1.54) is 5.69 Å². The number of rotatable bonds is 4. The molecule has 7 heteroatoms.